The van der Waals surface area contributed by atoms with Crippen molar-refractivity contribution in [1.29, 1.82) is 0 Å². The standard InChI is InChI=1S/C27H30O3/c1-14-16(3)26-21(18(5)24(14)28-7)23(20-12-10-9-11-13-20)22-19(6)25(29-8)15(2)17(4)27(22)30-26/h9-13,23H,1-8H3. The molecule has 30 heavy (non-hydrogen) atoms. The molecule has 3 aromatic carbocycles. The Bertz CT molecular complexity index is 1070. The minimum Gasteiger partial charge on any atom is -0.496 e. The molecule has 0 N–H and O–H groups in total. The normalized spacial score (nSPS) is 12.8. The van der Waals surface area contributed by atoms with Crippen LogP contribution in [0.3, 0.4) is 0 Å². The number of rotatable bonds is 3. The second-order valence-corrected chi connectivity index (χ2v) is 8.25. The van der Waals surface area contributed by atoms with Gasteiger partial charge >= 0.3 is 0 Å². The SMILES string of the molecule is COc1c(C)c(C)c2c(c1C)C(c1ccccc1)c1c(C)c(OC)c(C)c(C)c1O2. The highest BCUT2D eigenvalue weighted by atomic mass is 16.5. The van der Waals surface area contributed by atoms with Crippen molar-refractivity contribution in [1.82, 2.24) is 0 Å². The highest BCUT2D eigenvalue weighted by Crippen LogP contribution is 2.56. The summed E-state index contributed by atoms with van der Waals surface area (Å²) in [7, 11) is 3.50. The van der Waals surface area contributed by atoms with Gasteiger partial charge in [-0.2, -0.15) is 0 Å². The first kappa shape index (κ1) is 20.3. The number of ether oxygens (including phenoxy) is 3. The number of hydrogen-bond acceptors (Lipinski definition) is 3. The van der Waals surface area contributed by atoms with Gasteiger partial charge < -0.3 is 14.2 Å². The van der Waals surface area contributed by atoms with Crippen LogP contribution >= 0.6 is 0 Å². The maximum Gasteiger partial charge on any atom is 0.135 e. The Hall–Kier alpha value is -2.94. The van der Waals surface area contributed by atoms with Crippen LogP contribution in [0.1, 0.15) is 56.0 Å². The first-order valence-corrected chi connectivity index (χ1v) is 10.4. The predicted molar refractivity (Wildman–Crippen MR) is 122 cm³/mol. The monoisotopic (exact) mass is 402 g/mol. The molecule has 0 aromatic heterocycles. The van der Waals surface area contributed by atoms with Crippen LogP contribution in [-0.2, 0) is 0 Å². The van der Waals surface area contributed by atoms with Gasteiger partial charge in [0, 0.05) is 17.0 Å². The molecular weight excluding hydrogens is 372 g/mol. The smallest absolute Gasteiger partial charge is 0.135 e. The fourth-order valence-corrected chi connectivity index (χ4v) is 5.03. The summed E-state index contributed by atoms with van der Waals surface area (Å²) in [4.78, 5) is 0. The van der Waals surface area contributed by atoms with Crippen LogP contribution in [0.5, 0.6) is 23.0 Å². The molecule has 0 radical (unpaired) electrons. The van der Waals surface area contributed by atoms with E-state index in [1.165, 1.54) is 16.7 Å². The van der Waals surface area contributed by atoms with Crippen LogP contribution in [0.4, 0.5) is 0 Å². The summed E-state index contributed by atoms with van der Waals surface area (Å²) < 4.78 is 18.4. The molecule has 0 aliphatic carbocycles. The molecule has 156 valence electrons. The van der Waals surface area contributed by atoms with E-state index < -0.39 is 0 Å². The minimum absolute atomic E-state index is 0.0475. The van der Waals surface area contributed by atoms with Gasteiger partial charge in [-0.15, -0.1) is 0 Å². The predicted octanol–water partition coefficient (Wildman–Crippen LogP) is 6.84. The van der Waals surface area contributed by atoms with Crippen LogP contribution < -0.4 is 14.2 Å². The van der Waals surface area contributed by atoms with Crippen molar-refractivity contribution < 1.29 is 14.2 Å². The summed E-state index contributed by atoms with van der Waals surface area (Å²) in [5.41, 5.74) is 10.4. The fourth-order valence-electron chi connectivity index (χ4n) is 5.03. The molecule has 0 saturated heterocycles. The van der Waals surface area contributed by atoms with Crippen molar-refractivity contribution in [2.24, 2.45) is 0 Å². The van der Waals surface area contributed by atoms with Crippen LogP contribution in [0.2, 0.25) is 0 Å². The van der Waals surface area contributed by atoms with E-state index in [9.17, 15) is 0 Å². The Morgan fingerprint density at radius 1 is 0.600 bits per heavy atom. The molecule has 1 heterocycles. The second-order valence-electron chi connectivity index (χ2n) is 8.25. The highest BCUT2D eigenvalue weighted by molar-refractivity contribution is 5.72. The van der Waals surface area contributed by atoms with Gasteiger partial charge in [0.25, 0.3) is 0 Å². The number of hydrogen-bond donors (Lipinski definition) is 0. The molecule has 3 heteroatoms. The van der Waals surface area contributed by atoms with Crippen molar-refractivity contribution in [3.05, 3.63) is 80.4 Å². The van der Waals surface area contributed by atoms with E-state index in [-0.39, 0.29) is 5.92 Å². The lowest BCUT2D eigenvalue weighted by atomic mass is 9.76. The fraction of sp³-hybridized carbons (Fsp3) is 0.333. The number of benzene rings is 3. The summed E-state index contributed by atoms with van der Waals surface area (Å²) in [6, 6.07) is 10.7. The van der Waals surface area contributed by atoms with Crippen molar-refractivity contribution in [2.45, 2.75) is 47.5 Å². The highest BCUT2D eigenvalue weighted by Gasteiger charge is 2.37. The third-order valence-corrected chi connectivity index (χ3v) is 6.79. The van der Waals surface area contributed by atoms with Gasteiger partial charge in [0.2, 0.25) is 0 Å². The summed E-state index contributed by atoms with van der Waals surface area (Å²) >= 11 is 0. The molecule has 3 aromatic rings. The van der Waals surface area contributed by atoms with E-state index in [1.807, 2.05) is 0 Å². The average Bonchev–Trinajstić information content (AvgIpc) is 2.76. The Labute approximate surface area is 179 Å². The van der Waals surface area contributed by atoms with Crippen LogP contribution in [0, 0.1) is 41.5 Å². The van der Waals surface area contributed by atoms with Gasteiger partial charge in [-0.1, -0.05) is 30.3 Å². The molecule has 0 atom stereocenters. The zero-order valence-electron chi connectivity index (χ0n) is 19.2. The molecule has 0 saturated carbocycles. The summed E-state index contributed by atoms with van der Waals surface area (Å²) in [6.45, 7) is 12.7. The minimum atomic E-state index is 0.0475. The second kappa shape index (κ2) is 7.39. The average molecular weight is 403 g/mol. The van der Waals surface area contributed by atoms with Crippen LogP contribution in [-0.4, -0.2) is 14.2 Å². The lowest BCUT2D eigenvalue weighted by Gasteiger charge is -2.35. The Kier molecular flexibility index (Phi) is 5.01. The first-order valence-electron chi connectivity index (χ1n) is 10.4. The lowest BCUT2D eigenvalue weighted by molar-refractivity contribution is 0.393. The molecule has 0 unspecified atom stereocenters. The third kappa shape index (κ3) is 2.72. The third-order valence-electron chi connectivity index (χ3n) is 6.79. The Balaban J connectivity index is 2.17. The van der Waals surface area contributed by atoms with Gasteiger partial charge in [0.1, 0.15) is 23.0 Å². The molecule has 1 aliphatic heterocycles. The lowest BCUT2D eigenvalue weighted by Crippen LogP contribution is -2.18. The van der Waals surface area contributed by atoms with E-state index in [2.05, 4.69) is 71.9 Å². The largest absolute Gasteiger partial charge is 0.496 e. The molecule has 3 nitrogen and oxygen atoms in total. The number of fused-ring (bicyclic) bond motifs is 2. The van der Waals surface area contributed by atoms with Gasteiger partial charge in [0.05, 0.1) is 14.2 Å². The van der Waals surface area contributed by atoms with Gasteiger partial charge in [-0.3, -0.25) is 0 Å². The van der Waals surface area contributed by atoms with Crippen molar-refractivity contribution in [3.8, 4) is 23.0 Å². The van der Waals surface area contributed by atoms with E-state index in [0.717, 1.165) is 56.4 Å². The molecular formula is C27H30O3. The summed E-state index contributed by atoms with van der Waals surface area (Å²) in [6.07, 6.45) is 0. The zero-order chi connectivity index (χ0) is 21.7. The summed E-state index contributed by atoms with van der Waals surface area (Å²) in [5.74, 6) is 3.84. The first-order chi connectivity index (χ1) is 14.3. The van der Waals surface area contributed by atoms with Crippen molar-refractivity contribution in [3.63, 3.8) is 0 Å². The molecule has 0 bridgehead atoms. The molecule has 1 aliphatic rings. The molecule has 0 spiro atoms. The van der Waals surface area contributed by atoms with Gasteiger partial charge in [-0.25, -0.2) is 0 Å². The van der Waals surface area contributed by atoms with E-state index in [4.69, 9.17) is 14.2 Å². The van der Waals surface area contributed by atoms with Crippen LogP contribution in [0.15, 0.2) is 30.3 Å². The zero-order valence-corrected chi connectivity index (χ0v) is 19.2. The Morgan fingerprint density at radius 3 is 1.43 bits per heavy atom. The molecule has 0 fully saturated rings. The summed E-state index contributed by atoms with van der Waals surface area (Å²) in [5, 5.41) is 0. The van der Waals surface area contributed by atoms with E-state index in [0.29, 0.717) is 0 Å². The van der Waals surface area contributed by atoms with Gasteiger partial charge in [-0.05, 0) is 80.5 Å². The maximum atomic E-state index is 6.70. The topological polar surface area (TPSA) is 27.7 Å². The van der Waals surface area contributed by atoms with Crippen molar-refractivity contribution in [2.75, 3.05) is 14.2 Å². The van der Waals surface area contributed by atoms with Crippen LogP contribution in [0.25, 0.3) is 0 Å². The quantitative estimate of drug-likeness (QED) is 0.375. The maximum absolute atomic E-state index is 6.70. The molecule has 0 amide bonds. The van der Waals surface area contributed by atoms with Crippen molar-refractivity contribution >= 4 is 0 Å². The number of methoxy groups -OCH3 is 2. The molecule has 4 rings (SSSR count). The van der Waals surface area contributed by atoms with Gasteiger partial charge in [0.15, 0.2) is 0 Å². The van der Waals surface area contributed by atoms with E-state index in [1.54, 1.807) is 14.2 Å². The Morgan fingerprint density at radius 2 is 1.03 bits per heavy atom. The van der Waals surface area contributed by atoms with E-state index >= 15 is 0 Å².